The van der Waals surface area contributed by atoms with Crippen molar-refractivity contribution in [3.05, 3.63) is 0 Å². The van der Waals surface area contributed by atoms with Crippen LogP contribution in [0.4, 0.5) is 0 Å². The Morgan fingerprint density at radius 3 is 0.667 bits per heavy atom. The van der Waals surface area contributed by atoms with Gasteiger partial charge in [0, 0.05) is 18.3 Å². The molecule has 0 amide bonds. The van der Waals surface area contributed by atoms with Gasteiger partial charge in [-0.25, -0.2) is 0 Å². The van der Waals surface area contributed by atoms with Gasteiger partial charge in [-0.3, -0.25) is 0 Å². The van der Waals surface area contributed by atoms with Crippen molar-refractivity contribution in [2.45, 2.75) is 59.9 Å². The number of hydrogen-bond donors (Lipinski definition) is 3. The quantitative estimate of drug-likeness (QED) is 0.592. The molecular formula is C9H24Cl2NbO3. The van der Waals surface area contributed by atoms with Crippen molar-refractivity contribution in [2.75, 3.05) is 0 Å². The Bertz CT molecular complexity index is 61.2. The van der Waals surface area contributed by atoms with Crippen LogP contribution < -0.4 is 0 Å². The van der Waals surface area contributed by atoms with E-state index in [9.17, 15) is 0 Å². The zero-order valence-corrected chi connectivity index (χ0v) is 14.0. The summed E-state index contributed by atoms with van der Waals surface area (Å²) < 4.78 is 0. The predicted molar refractivity (Wildman–Crippen MR) is 63.8 cm³/mol. The fourth-order valence-electron chi connectivity index (χ4n) is 0. The van der Waals surface area contributed by atoms with E-state index in [1.54, 1.807) is 41.5 Å². The molecule has 0 heterocycles. The van der Waals surface area contributed by atoms with Crippen LogP contribution in [0, 0.1) is 0 Å². The van der Waals surface area contributed by atoms with Crippen molar-refractivity contribution in [1.29, 1.82) is 0 Å². The van der Waals surface area contributed by atoms with Crippen molar-refractivity contribution in [2.24, 2.45) is 0 Å². The molecule has 3 nitrogen and oxygen atoms in total. The number of aliphatic hydroxyl groups is 3. The molecular weight excluding hydrogens is 320 g/mol. The third-order valence-corrected chi connectivity index (χ3v) is 0. The van der Waals surface area contributed by atoms with E-state index in [1.807, 2.05) is 0 Å². The normalized spacial score (nSPS) is 8.13. The summed E-state index contributed by atoms with van der Waals surface area (Å²) in [6, 6.07) is 0. The maximum atomic E-state index is 8.06. The van der Waals surface area contributed by atoms with Gasteiger partial charge in [-0.1, -0.05) is 0 Å². The van der Waals surface area contributed by atoms with Gasteiger partial charge in [-0.2, -0.15) is 0 Å². The number of halogens is 2. The van der Waals surface area contributed by atoms with E-state index in [-0.39, 0.29) is 18.3 Å². The van der Waals surface area contributed by atoms with Crippen LogP contribution in [0.2, 0.25) is 0 Å². The van der Waals surface area contributed by atoms with Gasteiger partial charge in [0.25, 0.3) is 0 Å². The van der Waals surface area contributed by atoms with E-state index in [4.69, 9.17) is 33.7 Å². The third-order valence-electron chi connectivity index (χ3n) is 0. The van der Waals surface area contributed by atoms with Crippen LogP contribution >= 0.6 is 18.4 Å². The summed E-state index contributed by atoms with van der Waals surface area (Å²) >= 11 is -0.706. The molecule has 0 radical (unpaired) electrons. The van der Waals surface area contributed by atoms with E-state index >= 15 is 0 Å². The van der Waals surface area contributed by atoms with Crippen molar-refractivity contribution < 1.29 is 32.9 Å². The summed E-state index contributed by atoms with van der Waals surface area (Å²) in [5.74, 6) is 0. The number of hydrogen-bond acceptors (Lipinski definition) is 3. The molecule has 0 aromatic rings. The average Bonchev–Trinajstić information content (AvgIpc) is 1.81. The van der Waals surface area contributed by atoms with Crippen molar-refractivity contribution in [3.8, 4) is 0 Å². The van der Waals surface area contributed by atoms with Gasteiger partial charge >= 0.3 is 36.0 Å². The summed E-state index contributed by atoms with van der Waals surface area (Å²) in [5.41, 5.74) is 0. The van der Waals surface area contributed by atoms with Gasteiger partial charge in [-0.15, -0.1) is 0 Å². The first kappa shape index (κ1) is 25.1. The molecule has 0 aliphatic rings. The van der Waals surface area contributed by atoms with Crippen LogP contribution in [0.5, 0.6) is 0 Å². The summed E-state index contributed by atoms with van der Waals surface area (Å²) in [4.78, 5) is 0. The zero-order valence-electron chi connectivity index (χ0n) is 10.3. The van der Waals surface area contributed by atoms with Gasteiger partial charge in [0.15, 0.2) is 0 Å². The maximum absolute atomic E-state index is 8.06. The first-order chi connectivity index (χ1) is 6.61. The summed E-state index contributed by atoms with van der Waals surface area (Å²) in [6.45, 7) is 10.3. The fourth-order valence-corrected chi connectivity index (χ4v) is 0. The van der Waals surface area contributed by atoms with Crippen molar-refractivity contribution >= 4 is 18.4 Å². The number of aliphatic hydroxyl groups excluding tert-OH is 3. The molecule has 0 spiro atoms. The van der Waals surface area contributed by atoms with E-state index < -0.39 is 17.6 Å². The molecule has 0 unspecified atom stereocenters. The first-order valence-corrected chi connectivity index (χ1v) is 10.2. The monoisotopic (exact) mass is 343 g/mol. The van der Waals surface area contributed by atoms with Crippen LogP contribution in [0.3, 0.4) is 0 Å². The Labute approximate surface area is 111 Å². The Morgan fingerprint density at radius 2 is 0.667 bits per heavy atom. The molecule has 3 N–H and O–H groups in total. The standard InChI is InChI=1S/3C3H8O.2ClH.Nb/c3*1-3(2)4;;;/h3*3-4H,1-2H3;2*1H;/q;;;;;+2/p-2. The predicted octanol–water partition coefficient (Wildman–Crippen LogP) is 2.54. The minimum absolute atomic E-state index is 0.167. The Morgan fingerprint density at radius 1 is 0.667 bits per heavy atom. The second-order valence-electron chi connectivity index (χ2n) is 3.35. The second kappa shape index (κ2) is 24.4. The summed E-state index contributed by atoms with van der Waals surface area (Å²) in [7, 11) is 9.83. The van der Waals surface area contributed by atoms with Crippen molar-refractivity contribution in [1.82, 2.24) is 0 Å². The molecule has 0 aliphatic carbocycles. The van der Waals surface area contributed by atoms with E-state index in [0.29, 0.717) is 0 Å². The molecule has 0 aliphatic heterocycles. The molecule has 97 valence electrons. The molecule has 15 heavy (non-hydrogen) atoms. The van der Waals surface area contributed by atoms with Gasteiger partial charge in [0.2, 0.25) is 0 Å². The van der Waals surface area contributed by atoms with Gasteiger partial charge in [0.05, 0.1) is 0 Å². The Hall–Kier alpha value is 1.20. The van der Waals surface area contributed by atoms with Crippen LogP contribution in [-0.4, -0.2) is 33.6 Å². The van der Waals surface area contributed by atoms with Crippen LogP contribution in [0.15, 0.2) is 0 Å². The Balaban J connectivity index is -0.0000000542. The molecule has 0 saturated carbocycles. The van der Waals surface area contributed by atoms with Crippen LogP contribution in [0.1, 0.15) is 41.5 Å². The molecule has 0 saturated heterocycles. The van der Waals surface area contributed by atoms with Crippen LogP contribution in [0.25, 0.3) is 0 Å². The van der Waals surface area contributed by atoms with Gasteiger partial charge in [-0.05, 0) is 41.5 Å². The molecule has 6 heteroatoms. The topological polar surface area (TPSA) is 60.7 Å². The summed E-state index contributed by atoms with van der Waals surface area (Å²) in [5, 5.41) is 24.2. The molecule has 0 aromatic heterocycles. The average molecular weight is 344 g/mol. The molecule has 0 bridgehead atoms. The van der Waals surface area contributed by atoms with Crippen LogP contribution in [-0.2, 0) is 17.6 Å². The van der Waals surface area contributed by atoms with E-state index in [1.165, 1.54) is 0 Å². The fraction of sp³-hybridized carbons (Fsp3) is 1.00. The minimum atomic E-state index is -0.706. The SMILES string of the molecule is CC(C)O.CC(C)O.CC(C)O.[Cl][Nb][Cl]. The Kier molecular flexibility index (Phi) is 41.0. The van der Waals surface area contributed by atoms with E-state index in [0.717, 1.165) is 0 Å². The molecule has 0 rings (SSSR count). The molecule has 0 aromatic carbocycles. The first-order valence-electron chi connectivity index (χ1n) is 4.58. The van der Waals surface area contributed by atoms with Gasteiger partial charge in [0.1, 0.15) is 0 Å². The zero-order chi connectivity index (χ0) is 13.4. The molecule has 0 atom stereocenters. The van der Waals surface area contributed by atoms with E-state index in [2.05, 4.69) is 0 Å². The second-order valence-corrected chi connectivity index (χ2v) is 6.68. The molecule has 0 fully saturated rings. The van der Waals surface area contributed by atoms with Gasteiger partial charge < -0.3 is 15.3 Å². The summed E-state index contributed by atoms with van der Waals surface area (Å²) in [6.07, 6.45) is -0.500. The number of rotatable bonds is 0. The van der Waals surface area contributed by atoms with Crippen molar-refractivity contribution in [3.63, 3.8) is 0 Å². The third kappa shape index (κ3) is 1840.